The minimum Gasteiger partial charge on any atom is -0.497 e. The van der Waals surface area contributed by atoms with Crippen molar-refractivity contribution in [1.82, 2.24) is 4.98 Å². The summed E-state index contributed by atoms with van der Waals surface area (Å²) in [6, 6.07) is 7.74. The SMILES string of the molecule is COc1cc(OC)c2ccc(CCN)nc2c1. The minimum absolute atomic E-state index is 0.597. The molecule has 0 fully saturated rings. The molecule has 0 spiro atoms. The predicted molar refractivity (Wildman–Crippen MR) is 67.6 cm³/mol. The first-order valence-electron chi connectivity index (χ1n) is 5.50. The van der Waals surface area contributed by atoms with E-state index < -0.39 is 0 Å². The van der Waals surface area contributed by atoms with Gasteiger partial charge in [0.2, 0.25) is 0 Å². The van der Waals surface area contributed by atoms with E-state index in [-0.39, 0.29) is 0 Å². The largest absolute Gasteiger partial charge is 0.497 e. The highest BCUT2D eigenvalue weighted by molar-refractivity contribution is 5.86. The highest BCUT2D eigenvalue weighted by Crippen LogP contribution is 2.30. The van der Waals surface area contributed by atoms with Gasteiger partial charge in [-0.15, -0.1) is 0 Å². The highest BCUT2D eigenvalue weighted by atomic mass is 16.5. The van der Waals surface area contributed by atoms with Gasteiger partial charge < -0.3 is 15.2 Å². The van der Waals surface area contributed by atoms with Crippen LogP contribution in [0.1, 0.15) is 5.69 Å². The van der Waals surface area contributed by atoms with Crippen molar-refractivity contribution in [2.45, 2.75) is 6.42 Å². The van der Waals surface area contributed by atoms with Gasteiger partial charge in [0.15, 0.2) is 0 Å². The van der Waals surface area contributed by atoms with E-state index in [4.69, 9.17) is 15.2 Å². The number of rotatable bonds is 4. The smallest absolute Gasteiger partial charge is 0.131 e. The molecule has 0 bridgehead atoms. The van der Waals surface area contributed by atoms with Crippen molar-refractivity contribution in [3.8, 4) is 11.5 Å². The molecule has 2 N–H and O–H groups in total. The second-order valence-electron chi connectivity index (χ2n) is 3.74. The Bertz CT molecular complexity index is 526. The average molecular weight is 232 g/mol. The van der Waals surface area contributed by atoms with E-state index >= 15 is 0 Å². The van der Waals surface area contributed by atoms with Gasteiger partial charge >= 0.3 is 0 Å². The summed E-state index contributed by atoms with van der Waals surface area (Å²) in [4.78, 5) is 4.54. The highest BCUT2D eigenvalue weighted by Gasteiger charge is 2.06. The van der Waals surface area contributed by atoms with Gasteiger partial charge in [0.1, 0.15) is 11.5 Å². The van der Waals surface area contributed by atoms with Gasteiger partial charge in [0.25, 0.3) is 0 Å². The van der Waals surface area contributed by atoms with Crippen LogP contribution >= 0.6 is 0 Å². The normalized spacial score (nSPS) is 10.5. The Balaban J connectivity index is 2.58. The maximum absolute atomic E-state index is 5.53. The summed E-state index contributed by atoms with van der Waals surface area (Å²) in [5.41, 5.74) is 7.38. The van der Waals surface area contributed by atoms with Crippen molar-refractivity contribution in [3.05, 3.63) is 30.0 Å². The number of nitrogens with two attached hydrogens (primary N) is 1. The summed E-state index contributed by atoms with van der Waals surface area (Å²) in [7, 11) is 3.27. The zero-order valence-electron chi connectivity index (χ0n) is 10.1. The molecule has 2 rings (SSSR count). The molecule has 0 aliphatic heterocycles. The molecule has 17 heavy (non-hydrogen) atoms. The molecule has 0 unspecified atom stereocenters. The molecule has 1 aromatic carbocycles. The quantitative estimate of drug-likeness (QED) is 0.872. The molecule has 2 aromatic rings. The van der Waals surface area contributed by atoms with Gasteiger partial charge in [-0.2, -0.15) is 0 Å². The Morgan fingerprint density at radius 3 is 2.65 bits per heavy atom. The van der Waals surface area contributed by atoms with E-state index in [1.165, 1.54) is 0 Å². The van der Waals surface area contributed by atoms with E-state index in [0.29, 0.717) is 6.54 Å². The number of nitrogens with zero attached hydrogens (tertiary/aromatic N) is 1. The Labute approximate surface area is 100 Å². The predicted octanol–water partition coefficient (Wildman–Crippen LogP) is 1.75. The molecule has 0 atom stereocenters. The molecule has 0 saturated carbocycles. The first-order chi connectivity index (χ1) is 8.28. The Kier molecular flexibility index (Phi) is 3.44. The molecule has 1 aromatic heterocycles. The summed E-state index contributed by atoms with van der Waals surface area (Å²) in [5, 5.41) is 0.981. The maximum Gasteiger partial charge on any atom is 0.131 e. The third kappa shape index (κ3) is 2.31. The van der Waals surface area contributed by atoms with Crippen molar-refractivity contribution in [1.29, 1.82) is 0 Å². The lowest BCUT2D eigenvalue weighted by Crippen LogP contribution is -2.04. The lowest BCUT2D eigenvalue weighted by atomic mass is 10.1. The molecule has 0 amide bonds. The summed E-state index contributed by atoms with van der Waals surface area (Å²) >= 11 is 0. The van der Waals surface area contributed by atoms with Gasteiger partial charge in [-0.1, -0.05) is 0 Å². The van der Waals surface area contributed by atoms with E-state index in [1.54, 1.807) is 14.2 Å². The number of aromatic nitrogens is 1. The maximum atomic E-state index is 5.53. The van der Waals surface area contributed by atoms with Crippen LogP contribution in [-0.4, -0.2) is 25.7 Å². The molecule has 4 nitrogen and oxygen atoms in total. The topological polar surface area (TPSA) is 57.4 Å². The fraction of sp³-hybridized carbons (Fsp3) is 0.308. The average Bonchev–Trinajstić information content (AvgIpc) is 2.37. The van der Waals surface area contributed by atoms with E-state index in [1.807, 2.05) is 24.3 Å². The van der Waals surface area contributed by atoms with Gasteiger partial charge in [-0.3, -0.25) is 4.98 Å². The van der Waals surface area contributed by atoms with Crippen LogP contribution in [0.5, 0.6) is 11.5 Å². The zero-order valence-corrected chi connectivity index (χ0v) is 10.1. The fourth-order valence-electron chi connectivity index (χ4n) is 1.79. The standard InChI is InChI=1S/C13H16N2O2/c1-16-10-7-12-11(13(8-10)17-2)4-3-9(15-12)5-6-14/h3-4,7-8H,5-6,14H2,1-2H3. The van der Waals surface area contributed by atoms with E-state index in [2.05, 4.69) is 4.98 Å². The van der Waals surface area contributed by atoms with Crippen LogP contribution in [0.2, 0.25) is 0 Å². The van der Waals surface area contributed by atoms with Crippen molar-refractivity contribution in [3.63, 3.8) is 0 Å². The lowest BCUT2D eigenvalue weighted by molar-refractivity contribution is 0.398. The van der Waals surface area contributed by atoms with Gasteiger partial charge in [-0.25, -0.2) is 0 Å². The second kappa shape index (κ2) is 5.01. The van der Waals surface area contributed by atoms with Crippen LogP contribution < -0.4 is 15.2 Å². The number of fused-ring (bicyclic) bond motifs is 1. The Morgan fingerprint density at radius 1 is 1.18 bits per heavy atom. The number of benzene rings is 1. The summed E-state index contributed by atoms with van der Waals surface area (Å²) in [6.07, 6.45) is 0.773. The molecule has 0 aliphatic carbocycles. The molecule has 0 aliphatic rings. The van der Waals surface area contributed by atoms with Crippen molar-refractivity contribution in [2.75, 3.05) is 20.8 Å². The monoisotopic (exact) mass is 232 g/mol. The minimum atomic E-state index is 0.597. The molecule has 0 radical (unpaired) electrons. The molecule has 4 heteroatoms. The van der Waals surface area contributed by atoms with Crippen molar-refractivity contribution >= 4 is 10.9 Å². The van der Waals surface area contributed by atoms with Crippen molar-refractivity contribution < 1.29 is 9.47 Å². The van der Waals surface area contributed by atoms with E-state index in [0.717, 1.165) is 34.5 Å². The molecule has 1 heterocycles. The zero-order chi connectivity index (χ0) is 12.3. The summed E-state index contributed by atoms with van der Waals surface area (Å²) < 4.78 is 10.5. The second-order valence-corrected chi connectivity index (χ2v) is 3.74. The van der Waals surface area contributed by atoms with Crippen LogP contribution in [0, 0.1) is 0 Å². The molecule has 0 saturated heterocycles. The van der Waals surface area contributed by atoms with Crippen molar-refractivity contribution in [2.24, 2.45) is 5.73 Å². The van der Waals surface area contributed by atoms with Crippen LogP contribution in [0.4, 0.5) is 0 Å². The van der Waals surface area contributed by atoms with Crippen LogP contribution in [0.3, 0.4) is 0 Å². The number of pyridine rings is 1. The van der Waals surface area contributed by atoms with Crippen LogP contribution in [0.15, 0.2) is 24.3 Å². The lowest BCUT2D eigenvalue weighted by Gasteiger charge is -2.09. The van der Waals surface area contributed by atoms with Crippen LogP contribution in [0.25, 0.3) is 10.9 Å². The Morgan fingerprint density at radius 2 is 2.00 bits per heavy atom. The van der Waals surface area contributed by atoms with Gasteiger partial charge in [0.05, 0.1) is 19.7 Å². The number of methoxy groups -OCH3 is 2. The Hall–Kier alpha value is -1.81. The number of hydrogen-bond acceptors (Lipinski definition) is 4. The number of ether oxygens (including phenoxy) is 2. The van der Waals surface area contributed by atoms with Gasteiger partial charge in [0, 0.05) is 29.6 Å². The molecule has 90 valence electrons. The first-order valence-corrected chi connectivity index (χ1v) is 5.50. The summed E-state index contributed by atoms with van der Waals surface area (Å²) in [6.45, 7) is 0.597. The molecular weight excluding hydrogens is 216 g/mol. The van der Waals surface area contributed by atoms with E-state index in [9.17, 15) is 0 Å². The first kappa shape index (κ1) is 11.7. The number of hydrogen-bond donors (Lipinski definition) is 1. The third-order valence-corrected chi connectivity index (χ3v) is 2.66. The summed E-state index contributed by atoms with van der Waals surface area (Å²) in [5.74, 6) is 1.51. The third-order valence-electron chi connectivity index (χ3n) is 2.66. The fourth-order valence-corrected chi connectivity index (χ4v) is 1.79. The van der Waals surface area contributed by atoms with Crippen LogP contribution in [-0.2, 0) is 6.42 Å². The molecular formula is C13H16N2O2. The van der Waals surface area contributed by atoms with Gasteiger partial charge in [-0.05, 0) is 18.7 Å².